The normalized spacial score (nSPS) is 11.5. The number of rotatable bonds is 7. The van der Waals surface area contributed by atoms with Crippen LogP contribution in [-0.2, 0) is 0 Å². The lowest BCUT2D eigenvalue weighted by atomic mass is 9.98. The van der Waals surface area contributed by atoms with Gasteiger partial charge in [0, 0.05) is 43.9 Å². The first-order chi connectivity index (χ1) is 30.7. The molecule has 5 nitrogen and oxygen atoms in total. The lowest BCUT2D eigenvalue weighted by Crippen LogP contribution is -2.03. The molecule has 0 unspecified atom stereocenters. The number of hydrogen-bond acceptors (Lipinski definition) is 3. The zero-order valence-electron chi connectivity index (χ0n) is 33.6. The van der Waals surface area contributed by atoms with Crippen LogP contribution in [0.1, 0.15) is 0 Å². The monoisotopic (exact) mass is 791 g/mol. The zero-order valence-corrected chi connectivity index (χ0v) is 33.6. The molecule has 0 amide bonds. The second kappa shape index (κ2) is 14.7. The van der Waals surface area contributed by atoms with Gasteiger partial charge in [0.2, 0.25) is 0 Å². The van der Waals surface area contributed by atoms with Crippen molar-refractivity contribution in [2.75, 3.05) is 0 Å². The molecule has 0 N–H and O–H groups in total. The second-order valence-electron chi connectivity index (χ2n) is 15.6. The fraction of sp³-hybridized carbons (Fsp3) is 0. The standard InChI is InChI=1S/C57H37N5/c1-4-17-38(18-5-1)41-23-16-24-42(35-41)43-31-33-47-45-25-10-13-28-50(45)61(53(47)36-43)44-32-34-48-46-26-11-14-29-51(46)62(54(48)37-44)52-30-15-12-27-49(52)57-59-55(39-19-6-2-7-20-39)58-56(60-57)40-21-8-3-9-22-40/h1-37H. The highest BCUT2D eigenvalue weighted by Gasteiger charge is 2.21. The molecule has 0 spiro atoms. The third-order valence-electron chi connectivity index (χ3n) is 12.0. The maximum absolute atomic E-state index is 5.17. The summed E-state index contributed by atoms with van der Waals surface area (Å²) in [5, 5.41) is 4.78. The molecule has 12 aromatic rings. The van der Waals surface area contributed by atoms with Crippen molar-refractivity contribution in [3.8, 4) is 67.8 Å². The molecular weight excluding hydrogens is 755 g/mol. The molecule has 0 saturated carbocycles. The molecule has 3 heterocycles. The van der Waals surface area contributed by atoms with Crippen molar-refractivity contribution in [1.29, 1.82) is 0 Å². The number of benzene rings is 9. The van der Waals surface area contributed by atoms with Crippen LogP contribution in [0.3, 0.4) is 0 Å². The summed E-state index contributed by atoms with van der Waals surface area (Å²) >= 11 is 0. The van der Waals surface area contributed by atoms with Crippen LogP contribution < -0.4 is 0 Å². The van der Waals surface area contributed by atoms with Gasteiger partial charge in [-0.15, -0.1) is 0 Å². The molecule has 5 heteroatoms. The Morgan fingerprint density at radius 1 is 0.258 bits per heavy atom. The highest BCUT2D eigenvalue weighted by Crippen LogP contribution is 2.40. The molecule has 12 rings (SSSR count). The van der Waals surface area contributed by atoms with Crippen molar-refractivity contribution in [2.24, 2.45) is 0 Å². The van der Waals surface area contributed by atoms with Gasteiger partial charge >= 0.3 is 0 Å². The predicted octanol–water partition coefficient (Wildman–Crippen LogP) is 14.4. The topological polar surface area (TPSA) is 48.5 Å². The first-order valence-corrected chi connectivity index (χ1v) is 20.9. The van der Waals surface area contributed by atoms with Gasteiger partial charge in [-0.2, -0.15) is 0 Å². The zero-order chi connectivity index (χ0) is 41.0. The minimum Gasteiger partial charge on any atom is -0.309 e. The summed E-state index contributed by atoms with van der Waals surface area (Å²) < 4.78 is 4.80. The summed E-state index contributed by atoms with van der Waals surface area (Å²) in [5.41, 5.74) is 14.1. The van der Waals surface area contributed by atoms with Crippen LogP contribution in [0, 0.1) is 0 Å². The first-order valence-electron chi connectivity index (χ1n) is 20.9. The van der Waals surface area contributed by atoms with Gasteiger partial charge in [0.25, 0.3) is 0 Å². The third kappa shape index (κ3) is 5.98. The van der Waals surface area contributed by atoms with E-state index in [-0.39, 0.29) is 0 Å². The molecule has 62 heavy (non-hydrogen) atoms. The van der Waals surface area contributed by atoms with E-state index in [9.17, 15) is 0 Å². The smallest absolute Gasteiger partial charge is 0.166 e. The van der Waals surface area contributed by atoms with Crippen molar-refractivity contribution in [2.45, 2.75) is 0 Å². The first kappa shape index (κ1) is 35.5. The average Bonchev–Trinajstić information content (AvgIpc) is 3.86. The maximum Gasteiger partial charge on any atom is 0.166 e. The van der Waals surface area contributed by atoms with Crippen LogP contribution in [0.4, 0.5) is 0 Å². The van der Waals surface area contributed by atoms with E-state index in [4.69, 9.17) is 15.0 Å². The lowest BCUT2D eigenvalue weighted by molar-refractivity contribution is 1.06. The van der Waals surface area contributed by atoms with E-state index in [2.05, 4.69) is 173 Å². The van der Waals surface area contributed by atoms with Gasteiger partial charge in [0.15, 0.2) is 17.5 Å². The van der Waals surface area contributed by atoms with Gasteiger partial charge in [0.05, 0.1) is 27.8 Å². The second-order valence-corrected chi connectivity index (χ2v) is 15.6. The van der Waals surface area contributed by atoms with Gasteiger partial charge in [-0.25, -0.2) is 15.0 Å². The minimum absolute atomic E-state index is 0.613. The van der Waals surface area contributed by atoms with Crippen molar-refractivity contribution >= 4 is 43.6 Å². The number of para-hydroxylation sites is 3. The Balaban J connectivity index is 1.07. The average molecular weight is 792 g/mol. The van der Waals surface area contributed by atoms with E-state index < -0.39 is 0 Å². The summed E-state index contributed by atoms with van der Waals surface area (Å²) in [6.45, 7) is 0. The highest BCUT2D eigenvalue weighted by atomic mass is 15.1. The Bertz CT molecular complexity index is 3570. The summed E-state index contributed by atoms with van der Waals surface area (Å²) in [5.74, 6) is 1.87. The quantitative estimate of drug-likeness (QED) is 0.162. The molecule has 0 aliphatic heterocycles. The largest absolute Gasteiger partial charge is 0.309 e. The number of fused-ring (bicyclic) bond motifs is 6. The lowest BCUT2D eigenvalue weighted by Gasteiger charge is -2.15. The Morgan fingerprint density at radius 2 is 0.710 bits per heavy atom. The molecule has 0 aliphatic carbocycles. The number of hydrogen-bond donors (Lipinski definition) is 0. The summed E-state index contributed by atoms with van der Waals surface area (Å²) in [7, 11) is 0. The van der Waals surface area contributed by atoms with Gasteiger partial charge in [-0.05, 0) is 70.8 Å². The van der Waals surface area contributed by atoms with Crippen LogP contribution in [0.25, 0.3) is 111 Å². The Kier molecular flexibility index (Phi) is 8.42. The predicted molar refractivity (Wildman–Crippen MR) is 256 cm³/mol. The molecule has 0 saturated heterocycles. The summed E-state index contributed by atoms with van der Waals surface area (Å²) in [6, 6.07) is 79.4. The van der Waals surface area contributed by atoms with Crippen LogP contribution >= 0.6 is 0 Å². The molecular formula is C57H37N5. The van der Waals surface area contributed by atoms with E-state index >= 15 is 0 Å². The van der Waals surface area contributed by atoms with Gasteiger partial charge in [-0.1, -0.05) is 176 Å². The van der Waals surface area contributed by atoms with Crippen molar-refractivity contribution in [3.63, 3.8) is 0 Å². The molecule has 290 valence electrons. The van der Waals surface area contributed by atoms with Gasteiger partial charge in [-0.3, -0.25) is 0 Å². The number of nitrogens with zero attached hydrogens (tertiary/aromatic N) is 5. The maximum atomic E-state index is 5.17. The summed E-state index contributed by atoms with van der Waals surface area (Å²) in [4.78, 5) is 15.3. The Morgan fingerprint density at radius 3 is 1.37 bits per heavy atom. The van der Waals surface area contributed by atoms with E-state index in [1.165, 1.54) is 43.8 Å². The number of aromatic nitrogens is 5. The van der Waals surface area contributed by atoms with Crippen LogP contribution in [0.5, 0.6) is 0 Å². The minimum atomic E-state index is 0.613. The van der Waals surface area contributed by atoms with Crippen LogP contribution in [0.2, 0.25) is 0 Å². The van der Waals surface area contributed by atoms with E-state index in [1.54, 1.807) is 0 Å². The van der Waals surface area contributed by atoms with Crippen molar-refractivity contribution in [1.82, 2.24) is 24.1 Å². The Labute approximate surface area is 358 Å². The van der Waals surface area contributed by atoms with Gasteiger partial charge < -0.3 is 9.13 Å². The molecule has 9 aromatic carbocycles. The van der Waals surface area contributed by atoms with E-state index in [0.717, 1.165) is 50.1 Å². The molecule has 0 aliphatic rings. The van der Waals surface area contributed by atoms with Crippen molar-refractivity contribution in [3.05, 3.63) is 224 Å². The molecule has 0 fully saturated rings. The van der Waals surface area contributed by atoms with Crippen molar-refractivity contribution < 1.29 is 0 Å². The Hall–Kier alpha value is -8.41. The molecule has 3 aromatic heterocycles. The third-order valence-corrected chi connectivity index (χ3v) is 12.0. The van der Waals surface area contributed by atoms with Crippen LogP contribution in [0.15, 0.2) is 224 Å². The van der Waals surface area contributed by atoms with Gasteiger partial charge in [0.1, 0.15) is 0 Å². The fourth-order valence-corrected chi connectivity index (χ4v) is 9.08. The SMILES string of the molecule is c1ccc(-c2cccc(-c3ccc4c5ccccc5n(-c5ccc6c7ccccc7n(-c7ccccc7-c7nc(-c8ccccc8)nc(-c8ccccc8)n7)c6c5)c4c3)c2)cc1. The van der Waals surface area contributed by atoms with E-state index in [1.807, 2.05) is 60.7 Å². The molecule has 0 radical (unpaired) electrons. The fourth-order valence-electron chi connectivity index (χ4n) is 9.08. The highest BCUT2D eigenvalue weighted by molar-refractivity contribution is 6.12. The van der Waals surface area contributed by atoms with Crippen LogP contribution in [-0.4, -0.2) is 24.1 Å². The summed E-state index contributed by atoms with van der Waals surface area (Å²) in [6.07, 6.45) is 0. The molecule has 0 bridgehead atoms. The van der Waals surface area contributed by atoms with E-state index in [0.29, 0.717) is 17.5 Å². The molecule has 0 atom stereocenters.